The maximum atomic E-state index is 12.4. The molecule has 0 aliphatic heterocycles. The monoisotopic (exact) mass is 136 g/mol. The summed E-state index contributed by atoms with van der Waals surface area (Å²) < 4.78 is 12.4. The van der Waals surface area contributed by atoms with E-state index in [0.29, 0.717) is 6.71 Å². The van der Waals surface area contributed by atoms with E-state index in [2.05, 4.69) is 13.6 Å². The van der Waals surface area contributed by atoms with Crippen LogP contribution in [0.15, 0.2) is 24.3 Å². The van der Waals surface area contributed by atoms with E-state index in [-0.39, 0.29) is 5.82 Å². The minimum Gasteiger partial charge on any atom is -0.207 e. The third-order valence-electron chi connectivity index (χ3n) is 1.54. The van der Waals surface area contributed by atoms with Gasteiger partial charge in [-0.15, -0.1) is 0 Å². The smallest absolute Gasteiger partial charge is 0.169 e. The van der Waals surface area contributed by atoms with E-state index >= 15 is 0 Å². The van der Waals surface area contributed by atoms with Gasteiger partial charge in [-0.05, 0) is 12.1 Å². The van der Waals surface area contributed by atoms with Gasteiger partial charge in [0.05, 0.1) is 0 Å². The van der Waals surface area contributed by atoms with Gasteiger partial charge >= 0.3 is 0 Å². The van der Waals surface area contributed by atoms with Crippen LogP contribution < -0.4 is 5.46 Å². The molecule has 0 saturated carbocycles. The molecule has 0 radical (unpaired) electrons. The highest BCUT2D eigenvalue weighted by Crippen LogP contribution is 1.93. The molecular weight excluding hydrogens is 126 g/mol. The average molecular weight is 136 g/mol. The Morgan fingerprint density at radius 1 is 1.10 bits per heavy atom. The number of hydrogen-bond acceptors (Lipinski definition) is 0. The predicted octanol–water partition coefficient (Wildman–Crippen LogP) is 1.79. The standard InChI is InChI=1S/C8H10BF/c1-9(2)7-3-5-8(10)6-4-7/h3-6H,1-2H3. The van der Waals surface area contributed by atoms with Crippen molar-refractivity contribution in [2.75, 3.05) is 0 Å². The summed E-state index contributed by atoms with van der Waals surface area (Å²) in [5, 5.41) is 0. The molecule has 0 aromatic heterocycles. The first-order valence-electron chi connectivity index (χ1n) is 3.45. The molecule has 0 aliphatic rings. The topological polar surface area (TPSA) is 0 Å². The van der Waals surface area contributed by atoms with E-state index in [1.54, 1.807) is 0 Å². The molecule has 0 N–H and O–H groups in total. The molecule has 0 heterocycles. The van der Waals surface area contributed by atoms with Gasteiger partial charge in [0.15, 0.2) is 6.71 Å². The van der Waals surface area contributed by atoms with E-state index in [1.165, 1.54) is 17.6 Å². The van der Waals surface area contributed by atoms with Crippen molar-refractivity contribution >= 4 is 12.2 Å². The molecule has 0 bridgehead atoms. The van der Waals surface area contributed by atoms with Gasteiger partial charge in [-0.3, -0.25) is 0 Å². The van der Waals surface area contributed by atoms with E-state index in [4.69, 9.17) is 0 Å². The maximum Gasteiger partial charge on any atom is 0.169 e. The highest BCUT2D eigenvalue weighted by Gasteiger charge is 2.00. The second-order valence-electron chi connectivity index (χ2n) is 2.71. The lowest BCUT2D eigenvalue weighted by Crippen LogP contribution is -2.21. The third kappa shape index (κ3) is 1.60. The highest BCUT2D eigenvalue weighted by atomic mass is 19.1. The van der Waals surface area contributed by atoms with Crippen molar-refractivity contribution in [3.8, 4) is 0 Å². The molecule has 52 valence electrons. The fourth-order valence-electron chi connectivity index (χ4n) is 0.848. The van der Waals surface area contributed by atoms with Gasteiger partial charge in [0.2, 0.25) is 0 Å². The summed E-state index contributed by atoms with van der Waals surface area (Å²) in [5.41, 5.74) is 1.18. The van der Waals surface area contributed by atoms with Crippen LogP contribution >= 0.6 is 0 Å². The van der Waals surface area contributed by atoms with Gasteiger partial charge in [0, 0.05) is 0 Å². The molecule has 1 rings (SSSR count). The van der Waals surface area contributed by atoms with Crippen molar-refractivity contribution < 1.29 is 4.39 Å². The largest absolute Gasteiger partial charge is 0.207 e. The Kier molecular flexibility index (Phi) is 2.10. The quantitative estimate of drug-likeness (QED) is 0.516. The average Bonchev–Trinajstić information content (AvgIpc) is 1.88. The zero-order chi connectivity index (χ0) is 7.56. The number of hydrogen-bond donors (Lipinski definition) is 0. The Morgan fingerprint density at radius 2 is 1.60 bits per heavy atom. The van der Waals surface area contributed by atoms with Crippen molar-refractivity contribution in [1.82, 2.24) is 0 Å². The van der Waals surface area contributed by atoms with Crippen molar-refractivity contribution in [3.05, 3.63) is 30.1 Å². The summed E-state index contributed by atoms with van der Waals surface area (Å²) in [6, 6.07) is 6.63. The van der Waals surface area contributed by atoms with E-state index < -0.39 is 0 Å². The predicted molar refractivity (Wildman–Crippen MR) is 43.5 cm³/mol. The van der Waals surface area contributed by atoms with Crippen molar-refractivity contribution in [1.29, 1.82) is 0 Å². The van der Waals surface area contributed by atoms with Crippen molar-refractivity contribution in [2.24, 2.45) is 0 Å². The van der Waals surface area contributed by atoms with Crippen molar-refractivity contribution in [2.45, 2.75) is 13.6 Å². The summed E-state index contributed by atoms with van der Waals surface area (Å²) in [5.74, 6) is -0.163. The molecule has 2 heteroatoms. The van der Waals surface area contributed by atoms with E-state index in [0.717, 1.165) is 0 Å². The summed E-state index contributed by atoms with van der Waals surface area (Å²) in [6.07, 6.45) is 0. The van der Waals surface area contributed by atoms with Gasteiger partial charge in [-0.1, -0.05) is 31.2 Å². The van der Waals surface area contributed by atoms with Crippen LogP contribution in [-0.4, -0.2) is 6.71 Å². The first-order valence-corrected chi connectivity index (χ1v) is 3.45. The molecule has 1 aromatic rings. The lowest BCUT2D eigenvalue weighted by Gasteiger charge is -1.99. The van der Waals surface area contributed by atoms with Gasteiger partial charge in [-0.25, -0.2) is 4.39 Å². The van der Waals surface area contributed by atoms with Crippen LogP contribution in [0.25, 0.3) is 0 Å². The second-order valence-corrected chi connectivity index (χ2v) is 2.71. The normalized spacial score (nSPS) is 9.50. The van der Waals surface area contributed by atoms with Crippen LogP contribution in [0.4, 0.5) is 4.39 Å². The number of halogens is 1. The molecule has 1 aromatic carbocycles. The maximum absolute atomic E-state index is 12.4. The molecular formula is C8H10BF. The molecule has 0 saturated heterocycles. The Bertz CT molecular complexity index is 203. The number of rotatable bonds is 1. The molecule has 0 spiro atoms. The zero-order valence-electron chi connectivity index (χ0n) is 6.26. The van der Waals surface area contributed by atoms with Crippen LogP contribution in [0.1, 0.15) is 0 Å². The van der Waals surface area contributed by atoms with E-state index in [9.17, 15) is 4.39 Å². The zero-order valence-corrected chi connectivity index (χ0v) is 6.26. The number of benzene rings is 1. The van der Waals surface area contributed by atoms with Crippen LogP contribution in [-0.2, 0) is 0 Å². The lowest BCUT2D eigenvalue weighted by molar-refractivity contribution is 0.628. The van der Waals surface area contributed by atoms with Gasteiger partial charge in [-0.2, -0.15) is 0 Å². The van der Waals surface area contributed by atoms with Gasteiger partial charge in [0.25, 0.3) is 0 Å². The molecule has 0 atom stereocenters. The Morgan fingerprint density at radius 3 is 2.00 bits per heavy atom. The fraction of sp³-hybridized carbons (Fsp3) is 0.250. The molecule has 0 aliphatic carbocycles. The molecule has 10 heavy (non-hydrogen) atoms. The Labute approximate surface area is 61.1 Å². The lowest BCUT2D eigenvalue weighted by atomic mass is 9.49. The second kappa shape index (κ2) is 2.87. The van der Waals surface area contributed by atoms with Crippen LogP contribution in [0.2, 0.25) is 13.6 Å². The Hall–Kier alpha value is -0.785. The van der Waals surface area contributed by atoms with Crippen molar-refractivity contribution in [3.63, 3.8) is 0 Å². The highest BCUT2D eigenvalue weighted by molar-refractivity contribution is 6.70. The third-order valence-corrected chi connectivity index (χ3v) is 1.54. The molecule has 0 unspecified atom stereocenters. The molecule has 0 fully saturated rings. The summed E-state index contributed by atoms with van der Waals surface area (Å²) in [4.78, 5) is 0. The summed E-state index contributed by atoms with van der Waals surface area (Å²) >= 11 is 0. The Balaban J connectivity index is 2.89. The minimum atomic E-state index is -0.163. The summed E-state index contributed by atoms with van der Waals surface area (Å²) in [6.45, 7) is 4.67. The first-order chi connectivity index (χ1) is 4.70. The SMILES string of the molecule is CB(C)c1ccc(F)cc1. The van der Waals surface area contributed by atoms with Gasteiger partial charge in [0.1, 0.15) is 5.82 Å². The summed E-state index contributed by atoms with van der Waals surface area (Å²) in [7, 11) is 0. The van der Waals surface area contributed by atoms with Gasteiger partial charge < -0.3 is 0 Å². The van der Waals surface area contributed by atoms with Crippen LogP contribution in [0.3, 0.4) is 0 Å². The fourth-order valence-corrected chi connectivity index (χ4v) is 0.848. The van der Waals surface area contributed by atoms with Crippen LogP contribution in [0, 0.1) is 5.82 Å². The van der Waals surface area contributed by atoms with Crippen LogP contribution in [0.5, 0.6) is 0 Å². The molecule has 0 amide bonds. The first kappa shape index (κ1) is 7.32. The van der Waals surface area contributed by atoms with E-state index in [1.807, 2.05) is 12.1 Å². The molecule has 0 nitrogen and oxygen atoms in total. The minimum absolute atomic E-state index is 0.163.